The van der Waals surface area contributed by atoms with E-state index >= 15 is 0 Å². The van der Waals surface area contributed by atoms with Crippen LogP contribution in [0.25, 0.3) is 0 Å². The molecule has 2 aliphatic heterocycles. The van der Waals surface area contributed by atoms with Crippen LogP contribution in [-0.4, -0.2) is 65.0 Å². The Balaban J connectivity index is 1.71. The fourth-order valence-electron chi connectivity index (χ4n) is 5.33. The van der Waals surface area contributed by atoms with Gasteiger partial charge in [0.1, 0.15) is 5.75 Å². The first kappa shape index (κ1) is 20.8. The Bertz CT molecular complexity index is 835. The number of aliphatic hydroxyl groups is 1. The van der Waals surface area contributed by atoms with Crippen LogP contribution in [0.2, 0.25) is 0 Å². The van der Waals surface area contributed by atoms with E-state index in [0.717, 1.165) is 32.1 Å². The molecule has 0 bridgehead atoms. The van der Waals surface area contributed by atoms with Gasteiger partial charge in [-0.25, -0.2) is 0 Å². The maximum Gasteiger partial charge on any atom is 0.241 e. The molecule has 3 aliphatic rings. The molecule has 162 valence electrons. The minimum atomic E-state index is -1.26. The molecule has 1 aliphatic carbocycles. The highest BCUT2D eigenvalue weighted by Crippen LogP contribution is 2.46. The first-order valence-corrected chi connectivity index (χ1v) is 10.9. The number of rotatable bonds is 5. The van der Waals surface area contributed by atoms with Crippen molar-refractivity contribution in [3.63, 3.8) is 0 Å². The molecule has 3 fully saturated rings. The number of benzene rings is 1. The number of amides is 3. The minimum absolute atomic E-state index is 0.0230. The second-order valence-electron chi connectivity index (χ2n) is 8.78. The largest absolute Gasteiger partial charge is 0.496 e. The number of ether oxygens (including phenoxy) is 1. The van der Waals surface area contributed by atoms with E-state index in [0.29, 0.717) is 24.3 Å². The molecule has 0 spiro atoms. The summed E-state index contributed by atoms with van der Waals surface area (Å²) >= 11 is 0. The molecule has 4 rings (SSSR count). The number of nitrogens with zero attached hydrogens (tertiary/aromatic N) is 2. The number of hydrogen-bond acceptors (Lipinski definition) is 5. The average Bonchev–Trinajstić information content (AvgIpc) is 3.35. The molecular weight excluding hydrogens is 384 g/mol. The third kappa shape index (κ3) is 3.60. The summed E-state index contributed by atoms with van der Waals surface area (Å²) in [6.07, 6.45) is 4.42. The number of carbonyl (C=O) groups is 3. The van der Waals surface area contributed by atoms with Crippen molar-refractivity contribution in [3.05, 3.63) is 29.8 Å². The van der Waals surface area contributed by atoms with Crippen LogP contribution in [0.4, 0.5) is 0 Å². The second-order valence-corrected chi connectivity index (χ2v) is 8.78. The fourth-order valence-corrected chi connectivity index (χ4v) is 5.33. The van der Waals surface area contributed by atoms with Crippen molar-refractivity contribution < 1.29 is 24.2 Å². The highest BCUT2D eigenvalue weighted by Gasteiger charge is 2.57. The van der Waals surface area contributed by atoms with Crippen LogP contribution in [-0.2, 0) is 19.8 Å². The molecule has 1 aromatic rings. The summed E-state index contributed by atoms with van der Waals surface area (Å²) in [6.45, 7) is 0.835. The van der Waals surface area contributed by atoms with Crippen molar-refractivity contribution in [2.75, 3.05) is 20.2 Å². The first-order chi connectivity index (χ1) is 14.5. The quantitative estimate of drug-likeness (QED) is 0.745. The van der Waals surface area contributed by atoms with Gasteiger partial charge in [0.05, 0.1) is 18.6 Å². The van der Waals surface area contributed by atoms with Gasteiger partial charge < -0.3 is 14.7 Å². The number of hydrogen-bond donors (Lipinski definition) is 1. The molecule has 0 radical (unpaired) electrons. The predicted molar refractivity (Wildman–Crippen MR) is 110 cm³/mol. The van der Waals surface area contributed by atoms with Crippen LogP contribution in [0.1, 0.15) is 56.9 Å². The smallest absolute Gasteiger partial charge is 0.241 e. The SMILES string of the molecule is COc1ccccc1[C@@]1(CC(=O)N2CCC[C@@H](O)C2)CC(=O)N(C2CCCC2)C1=O. The van der Waals surface area contributed by atoms with E-state index < -0.39 is 11.5 Å². The number of piperidine rings is 1. The van der Waals surface area contributed by atoms with Gasteiger partial charge in [-0.3, -0.25) is 19.3 Å². The molecule has 1 N–H and O–H groups in total. The summed E-state index contributed by atoms with van der Waals surface area (Å²) in [5, 5.41) is 9.99. The summed E-state index contributed by atoms with van der Waals surface area (Å²) < 4.78 is 5.52. The van der Waals surface area contributed by atoms with Crippen LogP contribution in [0.5, 0.6) is 5.75 Å². The van der Waals surface area contributed by atoms with E-state index in [4.69, 9.17) is 4.74 Å². The Labute approximate surface area is 177 Å². The Morgan fingerprint density at radius 3 is 2.60 bits per heavy atom. The summed E-state index contributed by atoms with van der Waals surface area (Å²) in [4.78, 5) is 43.2. The topological polar surface area (TPSA) is 87.2 Å². The van der Waals surface area contributed by atoms with E-state index in [2.05, 4.69) is 0 Å². The van der Waals surface area contributed by atoms with Crippen molar-refractivity contribution in [2.45, 2.75) is 68.9 Å². The number of likely N-dealkylation sites (tertiary alicyclic amines) is 2. The number of β-amino-alcohol motifs (C(OH)–C–C–N with tert-alkyl or cyclic N) is 1. The lowest BCUT2D eigenvalue weighted by molar-refractivity contribution is -0.145. The monoisotopic (exact) mass is 414 g/mol. The van der Waals surface area contributed by atoms with Crippen LogP contribution in [0.15, 0.2) is 24.3 Å². The van der Waals surface area contributed by atoms with Crippen LogP contribution in [0.3, 0.4) is 0 Å². The van der Waals surface area contributed by atoms with Crippen molar-refractivity contribution in [1.82, 2.24) is 9.80 Å². The first-order valence-electron chi connectivity index (χ1n) is 10.9. The zero-order valence-electron chi connectivity index (χ0n) is 17.5. The fraction of sp³-hybridized carbons (Fsp3) is 0.609. The molecule has 2 saturated heterocycles. The molecule has 1 aromatic carbocycles. The van der Waals surface area contributed by atoms with Crippen molar-refractivity contribution in [1.29, 1.82) is 0 Å². The van der Waals surface area contributed by atoms with Crippen molar-refractivity contribution >= 4 is 17.7 Å². The summed E-state index contributed by atoms with van der Waals surface area (Å²) in [7, 11) is 1.53. The number of methoxy groups -OCH3 is 1. The number of imide groups is 1. The molecule has 7 heteroatoms. The van der Waals surface area contributed by atoms with E-state index in [1.807, 2.05) is 12.1 Å². The Morgan fingerprint density at radius 2 is 1.90 bits per heavy atom. The minimum Gasteiger partial charge on any atom is -0.496 e. The van der Waals surface area contributed by atoms with Gasteiger partial charge in [-0.1, -0.05) is 31.0 Å². The van der Waals surface area contributed by atoms with Crippen LogP contribution >= 0.6 is 0 Å². The van der Waals surface area contributed by atoms with Crippen LogP contribution in [0, 0.1) is 0 Å². The molecular formula is C23H30N2O5. The average molecular weight is 415 g/mol. The molecule has 3 amide bonds. The van der Waals surface area contributed by atoms with Gasteiger partial charge in [-0.05, 0) is 31.7 Å². The molecule has 30 heavy (non-hydrogen) atoms. The lowest BCUT2D eigenvalue weighted by Crippen LogP contribution is -2.48. The summed E-state index contributed by atoms with van der Waals surface area (Å²) in [6, 6.07) is 7.11. The number of aliphatic hydroxyl groups excluding tert-OH is 1. The van der Waals surface area contributed by atoms with Crippen molar-refractivity contribution in [2.24, 2.45) is 0 Å². The normalized spacial score (nSPS) is 27.7. The van der Waals surface area contributed by atoms with Crippen molar-refractivity contribution in [3.8, 4) is 5.75 Å². The highest BCUT2D eigenvalue weighted by molar-refractivity contribution is 6.11. The second kappa shape index (κ2) is 8.38. The Kier molecular flexibility index (Phi) is 5.82. The van der Waals surface area contributed by atoms with E-state index in [9.17, 15) is 19.5 Å². The molecule has 2 heterocycles. The maximum absolute atomic E-state index is 13.8. The van der Waals surface area contributed by atoms with Crippen LogP contribution < -0.4 is 4.74 Å². The lowest BCUT2D eigenvalue weighted by Gasteiger charge is -2.34. The van der Waals surface area contributed by atoms with Gasteiger partial charge in [-0.15, -0.1) is 0 Å². The highest BCUT2D eigenvalue weighted by atomic mass is 16.5. The maximum atomic E-state index is 13.8. The number of carbonyl (C=O) groups excluding carboxylic acids is 3. The Morgan fingerprint density at radius 1 is 1.17 bits per heavy atom. The molecule has 0 unspecified atom stereocenters. The van der Waals surface area contributed by atoms with E-state index in [1.54, 1.807) is 17.0 Å². The molecule has 1 saturated carbocycles. The van der Waals surface area contributed by atoms with Gasteiger partial charge in [0, 0.05) is 37.5 Å². The van der Waals surface area contributed by atoms with Gasteiger partial charge in [0.25, 0.3) is 0 Å². The number of para-hydroxylation sites is 1. The molecule has 7 nitrogen and oxygen atoms in total. The Hall–Kier alpha value is -2.41. The third-order valence-electron chi connectivity index (χ3n) is 6.86. The van der Waals surface area contributed by atoms with Gasteiger partial charge >= 0.3 is 0 Å². The summed E-state index contributed by atoms with van der Waals surface area (Å²) in [5.41, 5.74) is -0.663. The molecule has 2 atom stereocenters. The van der Waals surface area contributed by atoms with E-state index in [1.165, 1.54) is 12.0 Å². The molecule has 0 aromatic heterocycles. The lowest BCUT2D eigenvalue weighted by atomic mass is 9.75. The standard InChI is InChI=1S/C23H30N2O5/c1-30-19-11-5-4-10-18(19)23(13-20(27)24-12-6-9-17(26)15-24)14-21(28)25(22(23)29)16-7-2-3-8-16/h4-5,10-11,16-17,26H,2-3,6-9,12-15H2,1H3/t17-,23-/m1/s1. The van der Waals surface area contributed by atoms with Gasteiger partial charge in [0.15, 0.2) is 0 Å². The van der Waals surface area contributed by atoms with Gasteiger partial charge in [0.2, 0.25) is 17.7 Å². The van der Waals surface area contributed by atoms with E-state index in [-0.39, 0.29) is 43.1 Å². The van der Waals surface area contributed by atoms with Gasteiger partial charge in [-0.2, -0.15) is 0 Å². The zero-order chi connectivity index (χ0) is 21.3. The summed E-state index contributed by atoms with van der Waals surface area (Å²) in [5.74, 6) is -0.174. The zero-order valence-corrected chi connectivity index (χ0v) is 17.5. The third-order valence-corrected chi connectivity index (χ3v) is 6.86. The predicted octanol–water partition coefficient (Wildman–Crippen LogP) is 2.01.